The molecule has 1 amide bonds. The Kier molecular flexibility index (Phi) is 4.62. The Bertz CT molecular complexity index is 780. The van der Waals surface area contributed by atoms with Crippen LogP contribution in [0.25, 0.3) is 11.3 Å². The lowest BCUT2D eigenvalue weighted by Gasteiger charge is -2.06. The van der Waals surface area contributed by atoms with Crippen LogP contribution in [-0.4, -0.2) is 21.6 Å². The first-order valence-electron chi connectivity index (χ1n) is 5.72. The highest BCUT2D eigenvalue weighted by molar-refractivity contribution is 7.99. The number of halogens is 1. The molecule has 0 aliphatic heterocycles. The second-order valence-corrected chi connectivity index (χ2v) is 5.37. The summed E-state index contributed by atoms with van der Waals surface area (Å²) in [6.07, 6.45) is 0. The van der Waals surface area contributed by atoms with Crippen molar-refractivity contribution in [2.45, 2.75) is 5.16 Å². The van der Waals surface area contributed by atoms with E-state index in [2.05, 4.69) is 9.97 Å². The van der Waals surface area contributed by atoms with Gasteiger partial charge in [0.05, 0.1) is 11.4 Å². The highest BCUT2D eigenvalue weighted by Gasteiger charge is 2.14. The van der Waals surface area contributed by atoms with Crippen molar-refractivity contribution in [2.24, 2.45) is 5.73 Å². The van der Waals surface area contributed by atoms with Crippen LogP contribution in [0.15, 0.2) is 34.2 Å². The van der Waals surface area contributed by atoms with Crippen molar-refractivity contribution in [3.63, 3.8) is 0 Å². The molecule has 21 heavy (non-hydrogen) atoms. The molecule has 1 aromatic heterocycles. The number of amides is 1. The minimum Gasteiger partial charge on any atom is -0.369 e. The van der Waals surface area contributed by atoms with Gasteiger partial charge in [0, 0.05) is 10.6 Å². The summed E-state index contributed by atoms with van der Waals surface area (Å²) in [5, 5.41) is 9.86. The number of nitrogens with one attached hydrogen (secondary N) is 1. The van der Waals surface area contributed by atoms with E-state index in [1.807, 2.05) is 6.07 Å². The van der Waals surface area contributed by atoms with Gasteiger partial charge in [-0.2, -0.15) is 5.26 Å². The monoisotopic (exact) mass is 320 g/mol. The van der Waals surface area contributed by atoms with Gasteiger partial charge < -0.3 is 10.7 Å². The summed E-state index contributed by atoms with van der Waals surface area (Å²) in [4.78, 5) is 29.3. The van der Waals surface area contributed by atoms with E-state index in [9.17, 15) is 9.59 Å². The minimum atomic E-state index is -0.565. The average molecular weight is 321 g/mol. The molecule has 6 nitrogen and oxygen atoms in total. The number of H-pyrrole nitrogens is 1. The zero-order valence-corrected chi connectivity index (χ0v) is 12.2. The molecule has 2 aromatic rings. The van der Waals surface area contributed by atoms with Crippen molar-refractivity contribution in [2.75, 3.05) is 5.75 Å². The van der Waals surface area contributed by atoms with Gasteiger partial charge in [0.2, 0.25) is 5.91 Å². The summed E-state index contributed by atoms with van der Waals surface area (Å²) in [7, 11) is 0. The lowest BCUT2D eigenvalue weighted by molar-refractivity contribution is -0.115. The van der Waals surface area contributed by atoms with Crippen molar-refractivity contribution in [3.05, 3.63) is 45.2 Å². The second kappa shape index (κ2) is 6.43. The van der Waals surface area contributed by atoms with Crippen molar-refractivity contribution in [1.29, 1.82) is 5.26 Å². The number of thioether (sulfide) groups is 1. The maximum Gasteiger partial charge on any atom is 0.270 e. The Morgan fingerprint density at radius 2 is 2.10 bits per heavy atom. The third kappa shape index (κ3) is 3.62. The lowest BCUT2D eigenvalue weighted by atomic mass is 10.1. The van der Waals surface area contributed by atoms with E-state index in [0.29, 0.717) is 10.6 Å². The summed E-state index contributed by atoms with van der Waals surface area (Å²) < 4.78 is 0. The van der Waals surface area contributed by atoms with Crippen LogP contribution in [-0.2, 0) is 4.79 Å². The van der Waals surface area contributed by atoms with Crippen LogP contribution >= 0.6 is 23.4 Å². The molecule has 2 rings (SSSR count). The van der Waals surface area contributed by atoms with Crippen molar-refractivity contribution in [3.8, 4) is 17.3 Å². The highest BCUT2D eigenvalue weighted by Crippen LogP contribution is 2.23. The fourth-order valence-electron chi connectivity index (χ4n) is 1.58. The molecule has 1 heterocycles. The topological polar surface area (TPSA) is 113 Å². The number of rotatable bonds is 4. The number of nitriles is 1. The van der Waals surface area contributed by atoms with Gasteiger partial charge in [-0.1, -0.05) is 35.5 Å². The van der Waals surface area contributed by atoms with E-state index in [1.54, 1.807) is 24.3 Å². The van der Waals surface area contributed by atoms with E-state index in [4.69, 9.17) is 22.6 Å². The number of hydrogen-bond acceptors (Lipinski definition) is 5. The van der Waals surface area contributed by atoms with Gasteiger partial charge in [-0.15, -0.1) is 0 Å². The zero-order chi connectivity index (χ0) is 15.4. The summed E-state index contributed by atoms with van der Waals surface area (Å²) in [6, 6.07) is 8.42. The highest BCUT2D eigenvalue weighted by atomic mass is 35.5. The molecule has 8 heteroatoms. The standard InChI is InChI=1S/C13H9ClN4O2S/c14-8-3-1-7(2-4-8)11-9(5-15)12(20)18-13(17-11)21-6-10(16)19/h1-4H,6H2,(H2,16,19)(H,17,18,20). The smallest absolute Gasteiger partial charge is 0.270 e. The maximum atomic E-state index is 11.9. The van der Waals surface area contributed by atoms with E-state index in [0.717, 1.165) is 11.8 Å². The van der Waals surface area contributed by atoms with Gasteiger partial charge in [-0.3, -0.25) is 9.59 Å². The molecule has 3 N–H and O–H groups in total. The van der Waals surface area contributed by atoms with E-state index in [-0.39, 0.29) is 22.2 Å². The molecule has 106 valence electrons. The Labute approximate surface area is 129 Å². The molecule has 0 aliphatic rings. The third-order valence-electron chi connectivity index (χ3n) is 2.48. The fourth-order valence-corrected chi connectivity index (χ4v) is 2.31. The van der Waals surface area contributed by atoms with Gasteiger partial charge in [0.15, 0.2) is 5.16 Å². The van der Waals surface area contributed by atoms with Gasteiger partial charge >= 0.3 is 0 Å². The van der Waals surface area contributed by atoms with Crippen molar-refractivity contribution in [1.82, 2.24) is 9.97 Å². The molecule has 0 unspecified atom stereocenters. The molecule has 0 bridgehead atoms. The quantitative estimate of drug-likeness (QED) is 0.655. The van der Waals surface area contributed by atoms with Crippen molar-refractivity contribution >= 4 is 29.3 Å². The number of nitrogens with zero attached hydrogens (tertiary/aromatic N) is 2. The number of carbonyl (C=O) groups is 1. The van der Waals surface area contributed by atoms with Crippen LogP contribution < -0.4 is 11.3 Å². The van der Waals surface area contributed by atoms with Crippen molar-refractivity contribution < 1.29 is 4.79 Å². The van der Waals surface area contributed by atoms with Gasteiger partial charge in [0.25, 0.3) is 5.56 Å². The number of aromatic nitrogens is 2. The molecule has 0 spiro atoms. The average Bonchev–Trinajstić information content (AvgIpc) is 2.45. The van der Waals surface area contributed by atoms with Gasteiger partial charge in [-0.05, 0) is 12.1 Å². The molecule has 0 saturated carbocycles. The lowest BCUT2D eigenvalue weighted by Crippen LogP contribution is -2.17. The molecular weight excluding hydrogens is 312 g/mol. The zero-order valence-electron chi connectivity index (χ0n) is 10.6. The molecule has 0 fully saturated rings. The normalized spacial score (nSPS) is 10.1. The maximum absolute atomic E-state index is 11.9. The van der Waals surface area contributed by atoms with Crippen LogP contribution in [0.4, 0.5) is 0 Å². The van der Waals surface area contributed by atoms with E-state index >= 15 is 0 Å². The van der Waals surface area contributed by atoms with Crippen LogP contribution in [0, 0.1) is 11.3 Å². The first-order valence-corrected chi connectivity index (χ1v) is 7.09. The predicted octanol–water partition coefficient (Wildman–Crippen LogP) is 1.54. The number of primary amides is 1. The summed E-state index contributed by atoms with van der Waals surface area (Å²) in [6.45, 7) is 0. The van der Waals surface area contributed by atoms with Gasteiger partial charge in [0.1, 0.15) is 11.6 Å². The van der Waals surface area contributed by atoms with Crippen LogP contribution in [0.5, 0.6) is 0 Å². The fraction of sp³-hybridized carbons (Fsp3) is 0.0769. The molecular formula is C13H9ClN4O2S. The first kappa shape index (κ1) is 15.1. The van der Waals surface area contributed by atoms with E-state index in [1.165, 1.54) is 0 Å². The van der Waals surface area contributed by atoms with Crippen LogP contribution in [0.1, 0.15) is 5.56 Å². The third-order valence-corrected chi connectivity index (χ3v) is 3.63. The molecule has 1 aromatic carbocycles. The number of benzene rings is 1. The largest absolute Gasteiger partial charge is 0.369 e. The summed E-state index contributed by atoms with van der Waals surface area (Å²) >= 11 is 6.81. The number of hydrogen-bond donors (Lipinski definition) is 2. The Morgan fingerprint density at radius 1 is 1.43 bits per heavy atom. The number of nitrogens with two attached hydrogens (primary N) is 1. The predicted molar refractivity (Wildman–Crippen MR) is 79.9 cm³/mol. The minimum absolute atomic E-state index is 0.0190. The summed E-state index contributed by atoms with van der Waals surface area (Å²) in [5.74, 6) is -0.547. The van der Waals surface area contributed by atoms with E-state index < -0.39 is 11.5 Å². The SMILES string of the molecule is N#Cc1c(-c2ccc(Cl)cc2)nc(SCC(N)=O)[nH]c1=O. The molecule has 0 atom stereocenters. The Balaban J connectivity index is 2.52. The first-order chi connectivity index (χ1) is 10.0. The Hall–Kier alpha value is -2.30. The van der Waals surface area contributed by atoms with Crippen LogP contribution in [0.2, 0.25) is 5.02 Å². The van der Waals surface area contributed by atoms with Crippen LogP contribution in [0.3, 0.4) is 0 Å². The second-order valence-electron chi connectivity index (χ2n) is 3.97. The summed E-state index contributed by atoms with van der Waals surface area (Å²) in [5.41, 5.74) is 5.22. The number of aromatic amines is 1. The van der Waals surface area contributed by atoms with Gasteiger partial charge in [-0.25, -0.2) is 4.98 Å². The molecule has 0 saturated heterocycles. The number of carbonyl (C=O) groups excluding carboxylic acids is 1. The molecule has 0 aliphatic carbocycles. The molecule has 0 radical (unpaired) electrons. The Morgan fingerprint density at radius 3 is 2.67 bits per heavy atom.